The van der Waals surface area contributed by atoms with Gasteiger partial charge in [-0.1, -0.05) is 60.7 Å². The van der Waals surface area contributed by atoms with Crippen molar-refractivity contribution >= 4 is 17.6 Å². The number of carbonyl (C=O) groups is 1. The molecule has 1 amide bonds. The zero-order chi connectivity index (χ0) is 15.9. The van der Waals surface area contributed by atoms with Crippen molar-refractivity contribution in [1.29, 1.82) is 0 Å². The van der Waals surface area contributed by atoms with Crippen molar-refractivity contribution in [3.05, 3.63) is 71.8 Å². The fourth-order valence-electron chi connectivity index (χ4n) is 2.72. The zero-order valence-electron chi connectivity index (χ0n) is 13.1. The van der Waals surface area contributed by atoms with Crippen LogP contribution in [-0.2, 0) is 9.53 Å². The smallest absolute Gasteiger partial charge is 0.252 e. The summed E-state index contributed by atoms with van der Waals surface area (Å²) in [7, 11) is 0. The van der Waals surface area contributed by atoms with E-state index in [0.717, 1.165) is 30.6 Å². The molecule has 118 valence electrons. The summed E-state index contributed by atoms with van der Waals surface area (Å²) >= 11 is 0. The van der Waals surface area contributed by atoms with Crippen LogP contribution < -0.4 is 5.32 Å². The van der Waals surface area contributed by atoms with Gasteiger partial charge in [-0.3, -0.25) is 4.79 Å². The molecule has 1 heterocycles. The molecule has 2 aromatic rings. The first-order chi connectivity index (χ1) is 11.3. The van der Waals surface area contributed by atoms with Crippen molar-refractivity contribution in [3.63, 3.8) is 0 Å². The van der Waals surface area contributed by atoms with E-state index in [0.29, 0.717) is 12.1 Å². The highest BCUT2D eigenvalue weighted by Gasteiger charge is 2.18. The van der Waals surface area contributed by atoms with E-state index in [9.17, 15) is 4.79 Å². The molecule has 0 spiro atoms. The molecule has 0 saturated carbocycles. The highest BCUT2D eigenvalue weighted by molar-refractivity contribution is 6.24. The standard InChI is InChI=1S/C20H21NO2/c22-20(21-15-18-12-7-13-23-18)19(17-10-5-2-6-11-17)14-16-8-3-1-4-9-16/h1-6,8-11,14,18H,7,12-13,15H2,(H,21,22)/b19-14-. The highest BCUT2D eigenvalue weighted by atomic mass is 16.5. The molecule has 23 heavy (non-hydrogen) atoms. The second-order valence-electron chi connectivity index (χ2n) is 5.68. The topological polar surface area (TPSA) is 38.3 Å². The van der Waals surface area contributed by atoms with Crippen LogP contribution in [0.1, 0.15) is 24.0 Å². The molecular weight excluding hydrogens is 286 g/mol. The van der Waals surface area contributed by atoms with Crippen molar-refractivity contribution in [2.75, 3.05) is 13.2 Å². The Morgan fingerprint density at radius 2 is 1.78 bits per heavy atom. The molecule has 1 N–H and O–H groups in total. The molecule has 2 aromatic carbocycles. The molecule has 1 aliphatic rings. The van der Waals surface area contributed by atoms with E-state index in [-0.39, 0.29) is 12.0 Å². The second kappa shape index (κ2) is 7.75. The van der Waals surface area contributed by atoms with Crippen LogP contribution >= 0.6 is 0 Å². The van der Waals surface area contributed by atoms with Crippen molar-refractivity contribution in [3.8, 4) is 0 Å². The minimum absolute atomic E-state index is 0.0597. The van der Waals surface area contributed by atoms with Crippen molar-refractivity contribution in [1.82, 2.24) is 5.32 Å². The number of carbonyl (C=O) groups excluding carboxylic acids is 1. The number of hydrogen-bond acceptors (Lipinski definition) is 2. The third-order valence-corrected chi connectivity index (χ3v) is 3.95. The number of nitrogens with one attached hydrogen (secondary N) is 1. The number of ether oxygens (including phenoxy) is 1. The summed E-state index contributed by atoms with van der Waals surface area (Å²) in [6.07, 6.45) is 4.17. The molecule has 1 unspecified atom stereocenters. The average Bonchev–Trinajstić information content (AvgIpc) is 3.13. The Labute approximate surface area is 137 Å². The van der Waals surface area contributed by atoms with E-state index in [2.05, 4.69) is 5.32 Å². The van der Waals surface area contributed by atoms with Crippen LogP contribution in [0.3, 0.4) is 0 Å². The van der Waals surface area contributed by atoms with Crippen LogP contribution in [0.5, 0.6) is 0 Å². The first-order valence-electron chi connectivity index (χ1n) is 8.05. The number of amides is 1. The monoisotopic (exact) mass is 307 g/mol. The fourth-order valence-corrected chi connectivity index (χ4v) is 2.72. The van der Waals surface area contributed by atoms with Crippen LogP contribution in [0.25, 0.3) is 11.6 Å². The summed E-state index contributed by atoms with van der Waals surface area (Å²) < 4.78 is 5.57. The molecule has 1 aliphatic heterocycles. The van der Waals surface area contributed by atoms with Gasteiger partial charge in [0.1, 0.15) is 0 Å². The van der Waals surface area contributed by atoms with Gasteiger partial charge in [0.2, 0.25) is 0 Å². The molecule has 0 aliphatic carbocycles. The first-order valence-corrected chi connectivity index (χ1v) is 8.05. The van der Waals surface area contributed by atoms with Crippen molar-refractivity contribution < 1.29 is 9.53 Å². The molecule has 1 fully saturated rings. The normalized spacial score (nSPS) is 17.9. The molecular formula is C20H21NO2. The van der Waals surface area contributed by atoms with Crippen LogP contribution in [0.2, 0.25) is 0 Å². The van der Waals surface area contributed by atoms with Gasteiger partial charge in [0.05, 0.1) is 6.10 Å². The lowest BCUT2D eigenvalue weighted by Crippen LogP contribution is -2.32. The molecule has 0 radical (unpaired) electrons. The Morgan fingerprint density at radius 3 is 2.43 bits per heavy atom. The van der Waals surface area contributed by atoms with Crippen LogP contribution in [-0.4, -0.2) is 25.2 Å². The number of hydrogen-bond donors (Lipinski definition) is 1. The summed E-state index contributed by atoms with van der Waals surface area (Å²) in [5.41, 5.74) is 2.61. The van der Waals surface area contributed by atoms with E-state index >= 15 is 0 Å². The molecule has 3 nitrogen and oxygen atoms in total. The second-order valence-corrected chi connectivity index (χ2v) is 5.68. The molecule has 3 rings (SSSR count). The lowest BCUT2D eigenvalue weighted by Gasteiger charge is -2.13. The maximum absolute atomic E-state index is 12.7. The maximum Gasteiger partial charge on any atom is 0.252 e. The largest absolute Gasteiger partial charge is 0.376 e. The summed E-state index contributed by atoms with van der Waals surface area (Å²) in [5.74, 6) is -0.0597. The summed E-state index contributed by atoms with van der Waals surface area (Å²) in [6, 6.07) is 19.7. The molecule has 1 saturated heterocycles. The quantitative estimate of drug-likeness (QED) is 0.678. The Morgan fingerprint density at radius 1 is 1.09 bits per heavy atom. The fraction of sp³-hybridized carbons (Fsp3) is 0.250. The molecule has 1 atom stereocenters. The van der Waals surface area contributed by atoms with Gasteiger partial charge >= 0.3 is 0 Å². The summed E-state index contributed by atoms with van der Waals surface area (Å²) in [4.78, 5) is 12.7. The Balaban J connectivity index is 1.80. The van der Waals surface area contributed by atoms with Crippen LogP contribution in [0.4, 0.5) is 0 Å². The van der Waals surface area contributed by atoms with Crippen LogP contribution in [0.15, 0.2) is 60.7 Å². The highest BCUT2D eigenvalue weighted by Crippen LogP contribution is 2.19. The van der Waals surface area contributed by atoms with Gasteiger partial charge < -0.3 is 10.1 Å². The Bertz CT molecular complexity index is 659. The molecule has 3 heteroatoms. The van der Waals surface area contributed by atoms with Gasteiger partial charge in [0.25, 0.3) is 5.91 Å². The summed E-state index contributed by atoms with van der Waals surface area (Å²) in [6.45, 7) is 1.36. The van der Waals surface area contributed by atoms with Gasteiger partial charge in [-0.25, -0.2) is 0 Å². The summed E-state index contributed by atoms with van der Waals surface area (Å²) in [5, 5.41) is 3.01. The van der Waals surface area contributed by atoms with Gasteiger partial charge in [-0.15, -0.1) is 0 Å². The zero-order valence-corrected chi connectivity index (χ0v) is 13.1. The van der Waals surface area contributed by atoms with E-state index in [1.807, 2.05) is 66.7 Å². The molecule has 0 aromatic heterocycles. The third-order valence-electron chi connectivity index (χ3n) is 3.95. The van der Waals surface area contributed by atoms with Crippen molar-refractivity contribution in [2.45, 2.75) is 18.9 Å². The van der Waals surface area contributed by atoms with E-state index in [1.165, 1.54) is 0 Å². The Hall–Kier alpha value is -2.39. The lowest BCUT2D eigenvalue weighted by molar-refractivity contribution is -0.116. The van der Waals surface area contributed by atoms with Gasteiger partial charge in [0.15, 0.2) is 0 Å². The van der Waals surface area contributed by atoms with E-state index in [4.69, 9.17) is 4.74 Å². The SMILES string of the molecule is O=C(NCC1CCCO1)/C(=C\c1ccccc1)c1ccccc1. The average molecular weight is 307 g/mol. The number of rotatable bonds is 5. The predicted molar refractivity (Wildman–Crippen MR) is 92.7 cm³/mol. The lowest BCUT2D eigenvalue weighted by atomic mass is 10.0. The van der Waals surface area contributed by atoms with Crippen LogP contribution in [0, 0.1) is 0 Å². The van der Waals surface area contributed by atoms with E-state index in [1.54, 1.807) is 0 Å². The predicted octanol–water partition coefficient (Wildman–Crippen LogP) is 3.52. The Kier molecular flexibility index (Phi) is 5.22. The minimum Gasteiger partial charge on any atom is -0.376 e. The van der Waals surface area contributed by atoms with Crippen molar-refractivity contribution in [2.24, 2.45) is 0 Å². The first kappa shape index (κ1) is 15.5. The molecule has 0 bridgehead atoms. The van der Waals surface area contributed by atoms with Gasteiger partial charge in [-0.2, -0.15) is 0 Å². The third kappa shape index (κ3) is 4.30. The number of benzene rings is 2. The van der Waals surface area contributed by atoms with E-state index < -0.39 is 0 Å². The maximum atomic E-state index is 12.7. The minimum atomic E-state index is -0.0597. The van der Waals surface area contributed by atoms with Gasteiger partial charge in [0, 0.05) is 18.7 Å². The van der Waals surface area contributed by atoms with Gasteiger partial charge in [-0.05, 0) is 30.0 Å².